The Kier molecular flexibility index (Phi) is 5.93. The molecule has 0 radical (unpaired) electrons. The Morgan fingerprint density at radius 3 is 2.41 bits per heavy atom. The summed E-state index contributed by atoms with van der Waals surface area (Å²) >= 11 is 0. The molecule has 1 aliphatic rings. The van der Waals surface area contributed by atoms with Gasteiger partial charge in [-0.1, -0.05) is 0 Å². The third-order valence-corrected chi connectivity index (χ3v) is 2.96. The van der Waals surface area contributed by atoms with Crippen LogP contribution < -0.4 is 16.4 Å². The number of nitrogens with two attached hydrogens (primary N) is 1. The Morgan fingerprint density at radius 1 is 1.24 bits per heavy atom. The number of amides is 2. The predicted octanol–water partition coefficient (Wildman–Crippen LogP) is -1.34. The number of nitrogens with one attached hydrogen (secondary N) is 2. The molecule has 0 aliphatic carbocycles. The summed E-state index contributed by atoms with van der Waals surface area (Å²) in [5.41, 5.74) is 5.23. The number of hydrogen-bond acceptors (Lipinski definition) is 4. The van der Waals surface area contributed by atoms with Gasteiger partial charge < -0.3 is 16.4 Å². The van der Waals surface area contributed by atoms with E-state index >= 15 is 0 Å². The summed E-state index contributed by atoms with van der Waals surface area (Å²) in [6.45, 7) is 5.39. The van der Waals surface area contributed by atoms with Crippen molar-refractivity contribution in [3.8, 4) is 0 Å². The lowest BCUT2D eigenvalue weighted by atomic mass is 10.3. The molecule has 4 N–H and O–H groups in total. The van der Waals surface area contributed by atoms with Gasteiger partial charge in [-0.3, -0.25) is 14.5 Å². The minimum Gasteiger partial charge on any atom is -0.347 e. The lowest BCUT2D eigenvalue weighted by Crippen LogP contribution is -2.46. The zero-order valence-electron chi connectivity index (χ0n) is 10.4. The summed E-state index contributed by atoms with van der Waals surface area (Å²) < 4.78 is 0. The van der Waals surface area contributed by atoms with Crippen LogP contribution in [0.5, 0.6) is 0 Å². The number of carbonyl (C=O) groups is 2. The molecule has 1 aliphatic heterocycles. The highest BCUT2D eigenvalue weighted by Crippen LogP contribution is 2.10. The van der Waals surface area contributed by atoms with E-state index in [1.54, 1.807) is 0 Å². The molecule has 2 amide bonds. The van der Waals surface area contributed by atoms with E-state index in [0.717, 1.165) is 13.1 Å². The Morgan fingerprint density at radius 2 is 1.82 bits per heavy atom. The van der Waals surface area contributed by atoms with Gasteiger partial charge in [-0.2, -0.15) is 0 Å². The molecular weight excluding hydrogens is 220 g/mol. The summed E-state index contributed by atoms with van der Waals surface area (Å²) in [7, 11) is 0. The zero-order valence-corrected chi connectivity index (χ0v) is 10.4. The minimum atomic E-state index is -0.607. The van der Waals surface area contributed by atoms with Crippen LogP contribution in [0.4, 0.5) is 0 Å². The first-order valence-electron chi connectivity index (χ1n) is 6.15. The molecule has 0 saturated carbocycles. The number of rotatable bonds is 5. The Bertz CT molecular complexity index is 264. The molecule has 0 spiro atoms. The molecule has 1 heterocycles. The molecule has 1 unspecified atom stereocenters. The van der Waals surface area contributed by atoms with Gasteiger partial charge >= 0.3 is 11.8 Å². The summed E-state index contributed by atoms with van der Waals surface area (Å²) in [5.74, 6) is -1.19. The van der Waals surface area contributed by atoms with Crippen LogP contribution in [0.3, 0.4) is 0 Å². The molecule has 17 heavy (non-hydrogen) atoms. The highest BCUT2D eigenvalue weighted by Gasteiger charge is 2.19. The molecule has 1 atom stereocenters. The average molecular weight is 242 g/mol. The van der Waals surface area contributed by atoms with Crippen molar-refractivity contribution in [1.82, 2.24) is 15.5 Å². The van der Waals surface area contributed by atoms with Gasteiger partial charge in [0.1, 0.15) is 0 Å². The number of likely N-dealkylation sites (tertiary alicyclic amines) is 1. The van der Waals surface area contributed by atoms with Crippen LogP contribution in [0.2, 0.25) is 0 Å². The molecule has 6 heteroatoms. The van der Waals surface area contributed by atoms with Gasteiger partial charge in [0.05, 0.1) is 0 Å². The van der Waals surface area contributed by atoms with Gasteiger partial charge in [0.2, 0.25) is 0 Å². The molecule has 1 fully saturated rings. The quantitative estimate of drug-likeness (QED) is 0.521. The zero-order chi connectivity index (χ0) is 12.7. The van der Waals surface area contributed by atoms with Crippen molar-refractivity contribution < 1.29 is 9.59 Å². The van der Waals surface area contributed by atoms with Crippen LogP contribution >= 0.6 is 0 Å². The summed E-state index contributed by atoms with van der Waals surface area (Å²) in [5, 5.41) is 5.07. The first-order chi connectivity index (χ1) is 8.15. The van der Waals surface area contributed by atoms with Crippen LogP contribution in [0, 0.1) is 0 Å². The molecule has 98 valence electrons. The van der Waals surface area contributed by atoms with E-state index in [1.165, 1.54) is 12.8 Å². The van der Waals surface area contributed by atoms with Crippen LogP contribution in [0.25, 0.3) is 0 Å². The van der Waals surface area contributed by atoms with Crippen molar-refractivity contribution in [3.05, 3.63) is 0 Å². The van der Waals surface area contributed by atoms with Crippen LogP contribution in [-0.4, -0.2) is 55.5 Å². The molecule has 6 nitrogen and oxygen atoms in total. The SMILES string of the molecule is CC(CNC(=O)C(=O)NCCN)N1CCCC1. The van der Waals surface area contributed by atoms with Crippen molar-refractivity contribution >= 4 is 11.8 Å². The van der Waals surface area contributed by atoms with E-state index in [4.69, 9.17) is 5.73 Å². The maximum absolute atomic E-state index is 11.4. The third-order valence-electron chi connectivity index (χ3n) is 2.96. The lowest BCUT2D eigenvalue weighted by molar-refractivity contribution is -0.139. The fraction of sp³-hybridized carbons (Fsp3) is 0.818. The summed E-state index contributed by atoms with van der Waals surface area (Å²) in [6, 6.07) is 0.281. The Labute approximate surface area is 102 Å². The maximum Gasteiger partial charge on any atom is 0.309 e. The van der Waals surface area contributed by atoms with Gasteiger partial charge in [-0.15, -0.1) is 0 Å². The van der Waals surface area contributed by atoms with Crippen molar-refractivity contribution in [1.29, 1.82) is 0 Å². The fourth-order valence-electron chi connectivity index (χ4n) is 1.90. The second-order valence-corrected chi connectivity index (χ2v) is 4.35. The predicted molar refractivity (Wildman–Crippen MR) is 65.3 cm³/mol. The van der Waals surface area contributed by atoms with Crippen molar-refractivity contribution in [2.75, 3.05) is 32.7 Å². The lowest BCUT2D eigenvalue weighted by Gasteiger charge is -2.23. The smallest absolute Gasteiger partial charge is 0.309 e. The number of carbonyl (C=O) groups excluding carboxylic acids is 2. The number of nitrogens with zero attached hydrogens (tertiary/aromatic N) is 1. The highest BCUT2D eigenvalue weighted by atomic mass is 16.2. The highest BCUT2D eigenvalue weighted by molar-refractivity contribution is 6.35. The van der Waals surface area contributed by atoms with Gasteiger partial charge in [-0.05, 0) is 32.9 Å². The standard InChI is InChI=1S/C11H22N4O2/c1-9(15-6-2-3-7-15)8-14-11(17)10(16)13-5-4-12/h9H,2-8,12H2,1H3,(H,13,16)(H,14,17). The summed E-state index contributed by atoms with van der Waals surface area (Å²) in [4.78, 5) is 24.9. The van der Waals surface area contributed by atoms with E-state index in [-0.39, 0.29) is 6.04 Å². The molecule has 0 aromatic rings. The van der Waals surface area contributed by atoms with Crippen molar-refractivity contribution in [3.63, 3.8) is 0 Å². The first kappa shape index (κ1) is 13.9. The Hall–Kier alpha value is -1.14. The van der Waals surface area contributed by atoms with Gasteiger partial charge in [0.15, 0.2) is 0 Å². The number of hydrogen-bond donors (Lipinski definition) is 3. The molecular formula is C11H22N4O2. The normalized spacial score (nSPS) is 17.8. The Balaban J connectivity index is 2.20. The molecule has 0 aromatic carbocycles. The molecule has 1 rings (SSSR count). The first-order valence-corrected chi connectivity index (χ1v) is 6.15. The van der Waals surface area contributed by atoms with Crippen LogP contribution in [-0.2, 0) is 9.59 Å². The van der Waals surface area contributed by atoms with Crippen molar-refractivity contribution in [2.24, 2.45) is 5.73 Å². The monoisotopic (exact) mass is 242 g/mol. The molecule has 0 aromatic heterocycles. The fourth-order valence-corrected chi connectivity index (χ4v) is 1.90. The van der Waals surface area contributed by atoms with Crippen molar-refractivity contribution in [2.45, 2.75) is 25.8 Å². The van der Waals surface area contributed by atoms with Gasteiger partial charge in [0.25, 0.3) is 0 Å². The van der Waals surface area contributed by atoms with E-state index in [1.807, 2.05) is 0 Å². The summed E-state index contributed by atoms with van der Waals surface area (Å²) in [6.07, 6.45) is 2.44. The van der Waals surface area contributed by atoms with E-state index < -0.39 is 11.8 Å². The van der Waals surface area contributed by atoms with Crippen LogP contribution in [0.1, 0.15) is 19.8 Å². The third kappa shape index (κ3) is 4.70. The van der Waals surface area contributed by atoms with E-state index in [2.05, 4.69) is 22.5 Å². The largest absolute Gasteiger partial charge is 0.347 e. The van der Waals surface area contributed by atoms with E-state index in [9.17, 15) is 9.59 Å². The molecule has 0 bridgehead atoms. The maximum atomic E-state index is 11.4. The van der Waals surface area contributed by atoms with E-state index in [0.29, 0.717) is 19.6 Å². The second-order valence-electron chi connectivity index (χ2n) is 4.35. The minimum absolute atomic E-state index is 0.281. The average Bonchev–Trinajstić information content (AvgIpc) is 2.86. The van der Waals surface area contributed by atoms with Gasteiger partial charge in [-0.25, -0.2) is 0 Å². The second kappa shape index (κ2) is 7.24. The topological polar surface area (TPSA) is 87.5 Å². The molecule has 1 saturated heterocycles. The van der Waals surface area contributed by atoms with Gasteiger partial charge in [0, 0.05) is 25.7 Å². The van der Waals surface area contributed by atoms with Crippen LogP contribution in [0.15, 0.2) is 0 Å².